The van der Waals surface area contributed by atoms with Gasteiger partial charge >= 0.3 is 12.1 Å². The molecule has 33 heavy (non-hydrogen) atoms. The number of amides is 2. The highest BCUT2D eigenvalue weighted by atomic mass is 16.5. The van der Waals surface area contributed by atoms with Gasteiger partial charge in [-0.05, 0) is 41.5 Å². The predicted octanol–water partition coefficient (Wildman–Crippen LogP) is 4.06. The summed E-state index contributed by atoms with van der Waals surface area (Å²) in [6, 6.07) is 15.6. The lowest BCUT2D eigenvalue weighted by Gasteiger charge is -2.23. The Balaban J connectivity index is 1.35. The minimum Gasteiger partial charge on any atom is -0.481 e. The summed E-state index contributed by atoms with van der Waals surface area (Å²) >= 11 is 0. The standard InChI is InChI=1S/C26H30N2O5/c1-2-16(14-24(29)30)27-25(31)21-12-7-13-23(21)28-26(32)33-15-22-19-10-5-3-8-17(19)18-9-4-6-11-20(18)22/h3-6,8-11,16,21-23H,2,7,12-15H2,1H3,(H,27,31)(H,28,32)(H,29,30)/t16-,21+,23-/m1/s1. The number of carbonyl (C=O) groups excluding carboxylic acids is 2. The summed E-state index contributed by atoms with van der Waals surface area (Å²) in [5.41, 5.74) is 4.63. The highest BCUT2D eigenvalue weighted by Gasteiger charge is 2.36. The van der Waals surface area contributed by atoms with Crippen LogP contribution in [0.4, 0.5) is 4.79 Å². The molecule has 0 aromatic heterocycles. The van der Waals surface area contributed by atoms with Crippen molar-refractivity contribution in [3.05, 3.63) is 59.7 Å². The van der Waals surface area contributed by atoms with Crippen LogP contribution in [0.25, 0.3) is 11.1 Å². The van der Waals surface area contributed by atoms with E-state index in [0.717, 1.165) is 17.5 Å². The molecule has 2 aliphatic rings. The van der Waals surface area contributed by atoms with Gasteiger partial charge in [-0.1, -0.05) is 61.9 Å². The molecule has 0 aliphatic heterocycles. The second-order valence-corrected chi connectivity index (χ2v) is 8.83. The first kappa shape index (κ1) is 22.8. The number of alkyl carbamates (subject to hydrolysis) is 1. The van der Waals surface area contributed by atoms with Gasteiger partial charge in [-0.25, -0.2) is 4.79 Å². The second-order valence-electron chi connectivity index (χ2n) is 8.83. The first-order valence-electron chi connectivity index (χ1n) is 11.6. The molecule has 2 amide bonds. The van der Waals surface area contributed by atoms with Crippen LogP contribution in [0.1, 0.15) is 56.1 Å². The van der Waals surface area contributed by atoms with Gasteiger partial charge in [0.2, 0.25) is 5.91 Å². The summed E-state index contributed by atoms with van der Waals surface area (Å²) in [6.07, 6.45) is 2.07. The van der Waals surface area contributed by atoms with Gasteiger partial charge < -0.3 is 20.5 Å². The van der Waals surface area contributed by atoms with Crippen LogP contribution in [0.15, 0.2) is 48.5 Å². The Hall–Kier alpha value is -3.35. The fourth-order valence-corrected chi connectivity index (χ4v) is 5.05. The van der Waals surface area contributed by atoms with Crippen LogP contribution in [-0.4, -0.2) is 41.8 Å². The number of nitrogens with one attached hydrogen (secondary N) is 2. The number of fused-ring (bicyclic) bond motifs is 3. The van der Waals surface area contributed by atoms with Crippen molar-refractivity contribution in [3.8, 4) is 11.1 Å². The third-order valence-corrected chi connectivity index (χ3v) is 6.76. The molecule has 1 saturated carbocycles. The van der Waals surface area contributed by atoms with E-state index in [1.54, 1.807) is 0 Å². The number of carbonyl (C=O) groups is 3. The summed E-state index contributed by atoms with van der Waals surface area (Å²) < 4.78 is 5.63. The van der Waals surface area contributed by atoms with E-state index in [-0.39, 0.29) is 36.8 Å². The lowest BCUT2D eigenvalue weighted by Crippen LogP contribution is -2.47. The minimum absolute atomic E-state index is 0.0212. The van der Waals surface area contributed by atoms with E-state index in [4.69, 9.17) is 9.84 Å². The predicted molar refractivity (Wildman–Crippen MR) is 124 cm³/mol. The Morgan fingerprint density at radius 3 is 2.27 bits per heavy atom. The minimum atomic E-state index is -0.943. The average Bonchev–Trinajstić information content (AvgIpc) is 3.39. The molecule has 174 valence electrons. The largest absolute Gasteiger partial charge is 0.481 e. The van der Waals surface area contributed by atoms with Crippen LogP contribution in [0, 0.1) is 5.92 Å². The number of ether oxygens (including phenoxy) is 1. The molecule has 3 N–H and O–H groups in total. The van der Waals surface area contributed by atoms with Crippen LogP contribution in [-0.2, 0) is 14.3 Å². The topological polar surface area (TPSA) is 105 Å². The van der Waals surface area contributed by atoms with E-state index in [1.807, 2.05) is 31.2 Å². The first-order chi connectivity index (χ1) is 16.0. The van der Waals surface area contributed by atoms with E-state index in [0.29, 0.717) is 19.3 Å². The normalized spacial score (nSPS) is 19.9. The molecule has 0 unspecified atom stereocenters. The molecule has 7 nitrogen and oxygen atoms in total. The van der Waals surface area contributed by atoms with Crippen molar-refractivity contribution in [1.82, 2.24) is 10.6 Å². The van der Waals surface area contributed by atoms with E-state index in [9.17, 15) is 14.4 Å². The van der Waals surface area contributed by atoms with Gasteiger partial charge in [-0.3, -0.25) is 9.59 Å². The molecule has 3 atom stereocenters. The smallest absolute Gasteiger partial charge is 0.407 e. The highest BCUT2D eigenvalue weighted by Crippen LogP contribution is 2.44. The molecule has 0 bridgehead atoms. The maximum Gasteiger partial charge on any atom is 0.407 e. The van der Waals surface area contributed by atoms with Crippen molar-refractivity contribution < 1.29 is 24.2 Å². The summed E-state index contributed by atoms with van der Waals surface area (Å²) in [6.45, 7) is 2.06. The maximum absolute atomic E-state index is 12.7. The number of hydrogen-bond acceptors (Lipinski definition) is 4. The molecular formula is C26H30N2O5. The number of hydrogen-bond donors (Lipinski definition) is 3. The Kier molecular flexibility index (Phi) is 6.96. The maximum atomic E-state index is 12.7. The quantitative estimate of drug-likeness (QED) is 0.563. The van der Waals surface area contributed by atoms with E-state index in [2.05, 4.69) is 34.9 Å². The Bertz CT molecular complexity index is 991. The van der Waals surface area contributed by atoms with Crippen molar-refractivity contribution in [1.29, 1.82) is 0 Å². The molecular weight excluding hydrogens is 420 g/mol. The molecule has 0 saturated heterocycles. The van der Waals surface area contributed by atoms with Crippen LogP contribution in [0.5, 0.6) is 0 Å². The van der Waals surface area contributed by atoms with Gasteiger partial charge in [0.05, 0.1) is 12.3 Å². The summed E-state index contributed by atoms with van der Waals surface area (Å²) in [4.78, 5) is 36.4. The molecule has 2 aromatic rings. The molecule has 1 fully saturated rings. The Morgan fingerprint density at radius 1 is 1.03 bits per heavy atom. The number of rotatable bonds is 8. The fraction of sp³-hybridized carbons (Fsp3) is 0.423. The van der Waals surface area contributed by atoms with Gasteiger partial charge in [0.15, 0.2) is 0 Å². The first-order valence-corrected chi connectivity index (χ1v) is 11.6. The van der Waals surface area contributed by atoms with Crippen molar-refractivity contribution in [2.45, 2.75) is 57.0 Å². The summed E-state index contributed by atoms with van der Waals surface area (Å²) in [7, 11) is 0. The van der Waals surface area contributed by atoms with Crippen LogP contribution >= 0.6 is 0 Å². The third kappa shape index (κ3) is 5.02. The van der Waals surface area contributed by atoms with Crippen molar-refractivity contribution >= 4 is 18.0 Å². The van der Waals surface area contributed by atoms with Crippen LogP contribution in [0.2, 0.25) is 0 Å². The van der Waals surface area contributed by atoms with E-state index < -0.39 is 18.1 Å². The van der Waals surface area contributed by atoms with Gasteiger partial charge in [0.25, 0.3) is 0 Å². The second kappa shape index (κ2) is 10.1. The van der Waals surface area contributed by atoms with Crippen LogP contribution < -0.4 is 10.6 Å². The lowest BCUT2D eigenvalue weighted by atomic mass is 9.98. The lowest BCUT2D eigenvalue weighted by molar-refractivity contribution is -0.137. The molecule has 0 radical (unpaired) electrons. The fourth-order valence-electron chi connectivity index (χ4n) is 5.05. The average molecular weight is 451 g/mol. The number of carboxylic acids is 1. The number of aliphatic carboxylic acids is 1. The van der Waals surface area contributed by atoms with Crippen molar-refractivity contribution in [3.63, 3.8) is 0 Å². The highest BCUT2D eigenvalue weighted by molar-refractivity contribution is 5.82. The zero-order chi connectivity index (χ0) is 23.4. The molecule has 0 spiro atoms. The number of benzene rings is 2. The zero-order valence-corrected chi connectivity index (χ0v) is 18.8. The van der Waals surface area contributed by atoms with E-state index >= 15 is 0 Å². The van der Waals surface area contributed by atoms with E-state index in [1.165, 1.54) is 11.1 Å². The zero-order valence-electron chi connectivity index (χ0n) is 18.8. The molecule has 2 aliphatic carbocycles. The molecule has 7 heteroatoms. The summed E-state index contributed by atoms with van der Waals surface area (Å²) in [5.74, 6) is -1.55. The van der Waals surface area contributed by atoms with Crippen LogP contribution in [0.3, 0.4) is 0 Å². The number of carboxylic acid groups (broad SMARTS) is 1. The van der Waals surface area contributed by atoms with Gasteiger partial charge in [-0.2, -0.15) is 0 Å². The SMILES string of the molecule is CC[C@H](CC(=O)O)NC(=O)[C@H]1CCC[C@H]1NC(=O)OCC1c2ccccc2-c2ccccc21. The Labute approximate surface area is 193 Å². The van der Waals surface area contributed by atoms with Crippen molar-refractivity contribution in [2.75, 3.05) is 6.61 Å². The van der Waals surface area contributed by atoms with Gasteiger partial charge in [-0.15, -0.1) is 0 Å². The monoisotopic (exact) mass is 450 g/mol. The molecule has 0 heterocycles. The third-order valence-electron chi connectivity index (χ3n) is 6.76. The van der Waals surface area contributed by atoms with Crippen molar-refractivity contribution in [2.24, 2.45) is 5.92 Å². The van der Waals surface area contributed by atoms with Gasteiger partial charge in [0.1, 0.15) is 6.61 Å². The molecule has 2 aromatic carbocycles. The molecule has 4 rings (SSSR count). The Morgan fingerprint density at radius 2 is 1.67 bits per heavy atom. The summed E-state index contributed by atoms with van der Waals surface area (Å²) in [5, 5.41) is 14.7. The van der Waals surface area contributed by atoms with Gasteiger partial charge in [0, 0.05) is 18.0 Å².